The van der Waals surface area contributed by atoms with Crippen molar-refractivity contribution >= 4 is 51.0 Å². The van der Waals surface area contributed by atoms with Gasteiger partial charge in [-0.1, -0.05) is 11.8 Å². The number of aliphatic carboxylic acids is 1. The fraction of sp³-hybridized carbons (Fsp3) is 0.231. The molecule has 1 unspecified atom stereocenters. The molecule has 1 aliphatic heterocycles. The Labute approximate surface area is 143 Å². The van der Waals surface area contributed by atoms with Gasteiger partial charge >= 0.3 is 5.97 Å². The SMILES string of the molecule is COc1cc(F)c(C=NN=C2NC(=O)C(CC(=O)O)S2)cc1Br. The molecule has 0 bridgehead atoms. The highest BCUT2D eigenvalue weighted by Crippen LogP contribution is 2.27. The second-order valence-electron chi connectivity index (χ2n) is 4.35. The van der Waals surface area contributed by atoms with Crippen molar-refractivity contribution in [2.45, 2.75) is 11.7 Å². The lowest BCUT2D eigenvalue weighted by atomic mass is 10.2. The number of ether oxygens (including phenoxy) is 1. The summed E-state index contributed by atoms with van der Waals surface area (Å²) in [6, 6.07) is 2.68. The molecule has 1 fully saturated rings. The monoisotopic (exact) mass is 403 g/mol. The van der Waals surface area contributed by atoms with E-state index in [1.807, 2.05) is 0 Å². The Kier molecular flexibility index (Phi) is 5.72. The minimum absolute atomic E-state index is 0.172. The van der Waals surface area contributed by atoms with Gasteiger partial charge in [0.2, 0.25) is 5.91 Å². The van der Waals surface area contributed by atoms with Crippen LogP contribution in [0.4, 0.5) is 4.39 Å². The number of amidine groups is 1. The first-order valence-electron chi connectivity index (χ1n) is 6.24. The number of methoxy groups -OCH3 is 1. The van der Waals surface area contributed by atoms with Crippen molar-refractivity contribution in [2.24, 2.45) is 10.2 Å². The van der Waals surface area contributed by atoms with Gasteiger partial charge in [-0.25, -0.2) is 4.39 Å². The maximum Gasteiger partial charge on any atom is 0.305 e. The molecular weight excluding hydrogens is 393 g/mol. The summed E-state index contributed by atoms with van der Waals surface area (Å²) in [7, 11) is 1.42. The topological polar surface area (TPSA) is 100 Å². The molecule has 0 spiro atoms. The number of carbonyl (C=O) groups excluding carboxylic acids is 1. The average Bonchev–Trinajstić information content (AvgIpc) is 2.81. The van der Waals surface area contributed by atoms with E-state index in [4.69, 9.17) is 9.84 Å². The highest BCUT2D eigenvalue weighted by molar-refractivity contribution is 9.10. The van der Waals surface area contributed by atoms with Crippen LogP contribution < -0.4 is 10.1 Å². The highest BCUT2D eigenvalue weighted by atomic mass is 79.9. The van der Waals surface area contributed by atoms with E-state index >= 15 is 0 Å². The molecule has 1 aromatic rings. The third-order valence-corrected chi connectivity index (χ3v) is 4.44. The summed E-state index contributed by atoms with van der Waals surface area (Å²) in [5.41, 5.74) is 0.179. The molecule has 23 heavy (non-hydrogen) atoms. The number of carboxylic acids is 1. The smallest absolute Gasteiger partial charge is 0.305 e. The molecule has 0 aliphatic carbocycles. The van der Waals surface area contributed by atoms with Gasteiger partial charge in [-0.2, -0.15) is 5.10 Å². The normalized spacial score (nSPS) is 19.3. The number of hydrogen-bond acceptors (Lipinski definition) is 6. The molecule has 1 heterocycles. The molecule has 1 aromatic carbocycles. The molecule has 1 atom stereocenters. The molecule has 1 aliphatic rings. The van der Waals surface area contributed by atoms with Crippen LogP contribution in [0.25, 0.3) is 0 Å². The van der Waals surface area contributed by atoms with E-state index in [9.17, 15) is 14.0 Å². The van der Waals surface area contributed by atoms with Crippen LogP contribution in [0.3, 0.4) is 0 Å². The van der Waals surface area contributed by atoms with Gasteiger partial charge in [0.05, 0.1) is 24.2 Å². The van der Waals surface area contributed by atoms with Crippen LogP contribution in [0.15, 0.2) is 26.8 Å². The quantitative estimate of drug-likeness (QED) is 0.578. The van der Waals surface area contributed by atoms with Gasteiger partial charge in [0.1, 0.15) is 16.8 Å². The average molecular weight is 404 g/mol. The zero-order valence-corrected chi connectivity index (χ0v) is 14.1. The summed E-state index contributed by atoms with van der Waals surface area (Å²) >= 11 is 4.20. The van der Waals surface area contributed by atoms with E-state index in [0.717, 1.165) is 11.8 Å². The molecular formula is C13H11BrFN3O4S. The lowest BCUT2D eigenvalue weighted by Gasteiger charge is -2.04. The number of hydrogen-bond donors (Lipinski definition) is 2. The summed E-state index contributed by atoms with van der Waals surface area (Å²) in [5, 5.41) is 18.0. The molecule has 0 aromatic heterocycles. The number of carboxylic acid groups (broad SMARTS) is 1. The van der Waals surface area contributed by atoms with Crippen molar-refractivity contribution in [3.05, 3.63) is 28.0 Å². The Hall–Kier alpha value is -1.94. The van der Waals surface area contributed by atoms with Crippen molar-refractivity contribution in [3.8, 4) is 5.75 Å². The van der Waals surface area contributed by atoms with Crippen LogP contribution in [-0.2, 0) is 9.59 Å². The van der Waals surface area contributed by atoms with E-state index < -0.39 is 22.9 Å². The third kappa shape index (κ3) is 4.52. The van der Waals surface area contributed by atoms with E-state index in [0.29, 0.717) is 10.2 Å². The van der Waals surface area contributed by atoms with E-state index in [-0.39, 0.29) is 17.2 Å². The summed E-state index contributed by atoms with van der Waals surface area (Å²) < 4.78 is 19.3. The van der Waals surface area contributed by atoms with Gasteiger partial charge in [-0.05, 0) is 22.0 Å². The summed E-state index contributed by atoms with van der Waals surface area (Å²) in [4.78, 5) is 22.1. The zero-order chi connectivity index (χ0) is 17.0. The number of carbonyl (C=O) groups is 2. The third-order valence-electron chi connectivity index (χ3n) is 2.75. The second kappa shape index (κ2) is 7.55. The molecule has 0 saturated carbocycles. The maximum atomic E-state index is 13.8. The van der Waals surface area contributed by atoms with Gasteiger partial charge in [0, 0.05) is 11.6 Å². The molecule has 1 saturated heterocycles. The van der Waals surface area contributed by atoms with Gasteiger partial charge in [0.15, 0.2) is 5.17 Å². The minimum atomic E-state index is -1.08. The van der Waals surface area contributed by atoms with E-state index in [1.165, 1.54) is 25.5 Å². The standard InChI is InChI=1S/C13H11BrFN3O4S/c1-22-9-3-8(15)6(2-7(9)14)5-16-18-13-17-12(21)10(23-13)4-11(19)20/h2-3,5,10H,4H2,1H3,(H,19,20)(H,17,18,21). The Morgan fingerprint density at radius 2 is 2.35 bits per heavy atom. The largest absolute Gasteiger partial charge is 0.495 e. The fourth-order valence-corrected chi connectivity index (χ4v) is 3.13. The van der Waals surface area contributed by atoms with Gasteiger partial charge in [-0.3, -0.25) is 9.59 Å². The fourth-order valence-electron chi connectivity index (χ4n) is 1.69. The predicted molar refractivity (Wildman–Crippen MR) is 87.5 cm³/mol. The Morgan fingerprint density at radius 1 is 1.61 bits per heavy atom. The summed E-state index contributed by atoms with van der Waals surface area (Å²) in [5.74, 6) is -1.71. The van der Waals surface area contributed by atoms with Crippen molar-refractivity contribution in [1.29, 1.82) is 0 Å². The van der Waals surface area contributed by atoms with Gasteiger partial charge in [0.25, 0.3) is 0 Å². The lowest BCUT2D eigenvalue weighted by Crippen LogP contribution is -2.26. The number of benzene rings is 1. The molecule has 2 rings (SSSR count). The minimum Gasteiger partial charge on any atom is -0.495 e. The molecule has 2 N–H and O–H groups in total. The van der Waals surface area contributed by atoms with Crippen LogP contribution in [-0.4, -0.2) is 40.7 Å². The zero-order valence-electron chi connectivity index (χ0n) is 11.7. The van der Waals surface area contributed by atoms with Crippen LogP contribution >= 0.6 is 27.7 Å². The number of thioether (sulfide) groups is 1. The number of halogens is 2. The second-order valence-corrected chi connectivity index (χ2v) is 6.40. The first-order chi connectivity index (χ1) is 10.9. The number of nitrogens with zero attached hydrogens (tertiary/aromatic N) is 2. The Bertz CT molecular complexity index is 711. The van der Waals surface area contributed by atoms with Crippen LogP contribution in [0.2, 0.25) is 0 Å². The van der Waals surface area contributed by atoms with Crippen molar-refractivity contribution in [3.63, 3.8) is 0 Å². The van der Waals surface area contributed by atoms with Crippen LogP contribution in [0, 0.1) is 5.82 Å². The highest BCUT2D eigenvalue weighted by Gasteiger charge is 2.32. The van der Waals surface area contributed by atoms with Gasteiger partial charge < -0.3 is 15.2 Å². The summed E-state index contributed by atoms with van der Waals surface area (Å²) in [6.07, 6.45) is 0.878. The molecule has 10 heteroatoms. The molecule has 1 amide bonds. The van der Waals surface area contributed by atoms with Gasteiger partial charge in [-0.15, -0.1) is 5.10 Å². The van der Waals surface area contributed by atoms with E-state index in [1.54, 1.807) is 0 Å². The Balaban J connectivity index is 2.08. The number of amides is 1. The predicted octanol–water partition coefficient (Wildman–Crippen LogP) is 1.99. The summed E-state index contributed by atoms with van der Waals surface area (Å²) in [6.45, 7) is 0. The molecule has 7 nitrogen and oxygen atoms in total. The Morgan fingerprint density at radius 3 is 3.00 bits per heavy atom. The molecule has 0 radical (unpaired) electrons. The lowest BCUT2D eigenvalue weighted by molar-refractivity contribution is -0.138. The first kappa shape index (κ1) is 17.4. The van der Waals surface area contributed by atoms with Crippen LogP contribution in [0.5, 0.6) is 5.75 Å². The number of rotatable bonds is 5. The molecule has 122 valence electrons. The first-order valence-corrected chi connectivity index (χ1v) is 7.91. The van der Waals surface area contributed by atoms with E-state index in [2.05, 4.69) is 31.4 Å². The van der Waals surface area contributed by atoms with Crippen LogP contribution in [0.1, 0.15) is 12.0 Å². The van der Waals surface area contributed by atoms with Crippen molar-refractivity contribution in [2.75, 3.05) is 7.11 Å². The van der Waals surface area contributed by atoms with Crippen molar-refractivity contribution in [1.82, 2.24) is 5.32 Å². The number of nitrogens with one attached hydrogen (secondary N) is 1. The maximum absolute atomic E-state index is 13.8. The van der Waals surface area contributed by atoms with Crippen molar-refractivity contribution < 1.29 is 23.8 Å².